The van der Waals surface area contributed by atoms with Gasteiger partial charge in [-0.2, -0.15) is 0 Å². The summed E-state index contributed by atoms with van der Waals surface area (Å²) in [5, 5.41) is 7.73. The number of benzene rings is 3. The van der Waals surface area contributed by atoms with E-state index in [9.17, 15) is 18.0 Å². The number of aromatic nitrogens is 1. The number of rotatable bonds is 11. The number of hydrogen-bond donors (Lipinski definition) is 4. The smallest absolute Gasteiger partial charge is 0.281 e. The second-order valence-electron chi connectivity index (χ2n) is 10.6. The quantitative estimate of drug-likeness (QED) is 0.164. The molecule has 0 radical (unpaired) electrons. The Bertz CT molecular complexity index is 1760. The van der Waals surface area contributed by atoms with Crippen molar-refractivity contribution in [1.29, 1.82) is 0 Å². The minimum absolute atomic E-state index is 0.135. The monoisotopic (exact) mass is 642 g/mol. The van der Waals surface area contributed by atoms with E-state index in [-0.39, 0.29) is 18.1 Å². The van der Waals surface area contributed by atoms with Crippen molar-refractivity contribution < 1.29 is 22.7 Å². The Morgan fingerprint density at radius 3 is 2.53 bits per heavy atom. The second kappa shape index (κ2) is 12.9. The molecule has 2 amide bonds. The Morgan fingerprint density at radius 2 is 1.79 bits per heavy atom. The standard InChI is InChI=1S/C31H32Cl2N4O5S/c1-18-14-22(15-19(2)28(18)33)42-12-5-7-24-23-10-9-21(32)17-26(23)36-29(24)31(39)37-43(40,41)13-11-34-30(38)27-16-20-6-3-4-8-25(20)35-27/h3-4,6,8-10,14-15,17,27,35-36H,5,7,11-13,16H2,1-2H3,(H,34,38)(H,37,39)/t27-/m1/s1. The predicted molar refractivity (Wildman–Crippen MR) is 170 cm³/mol. The highest BCUT2D eigenvalue weighted by molar-refractivity contribution is 7.90. The molecule has 12 heteroatoms. The first-order valence-corrected chi connectivity index (χ1v) is 16.3. The molecule has 0 spiro atoms. The van der Waals surface area contributed by atoms with Crippen LogP contribution in [0.1, 0.15) is 39.2 Å². The molecule has 1 aromatic heterocycles. The van der Waals surface area contributed by atoms with Crippen LogP contribution in [0, 0.1) is 13.8 Å². The van der Waals surface area contributed by atoms with Gasteiger partial charge in [0.05, 0.1) is 12.4 Å². The van der Waals surface area contributed by atoms with Crippen LogP contribution in [0.25, 0.3) is 10.9 Å². The summed E-state index contributed by atoms with van der Waals surface area (Å²) in [6.07, 6.45) is 1.53. The molecule has 0 unspecified atom stereocenters. The van der Waals surface area contributed by atoms with E-state index in [1.165, 1.54) is 0 Å². The van der Waals surface area contributed by atoms with E-state index in [0.29, 0.717) is 52.7 Å². The van der Waals surface area contributed by atoms with E-state index in [1.54, 1.807) is 18.2 Å². The molecular formula is C31H32Cl2N4O5S. The average Bonchev–Trinajstić information content (AvgIpc) is 3.55. The third-order valence-electron chi connectivity index (χ3n) is 7.35. The highest BCUT2D eigenvalue weighted by atomic mass is 35.5. The third-order valence-corrected chi connectivity index (χ3v) is 9.42. The number of fused-ring (bicyclic) bond motifs is 2. The number of amides is 2. The predicted octanol–water partition coefficient (Wildman–Crippen LogP) is 5.32. The minimum atomic E-state index is -4.05. The van der Waals surface area contributed by atoms with Gasteiger partial charge >= 0.3 is 0 Å². The molecule has 0 saturated carbocycles. The fourth-order valence-electron chi connectivity index (χ4n) is 5.24. The minimum Gasteiger partial charge on any atom is -0.494 e. The lowest BCUT2D eigenvalue weighted by molar-refractivity contribution is -0.121. The van der Waals surface area contributed by atoms with Gasteiger partial charge in [0.1, 0.15) is 17.5 Å². The Labute approximate surface area is 260 Å². The van der Waals surface area contributed by atoms with Crippen molar-refractivity contribution in [1.82, 2.24) is 15.0 Å². The van der Waals surface area contributed by atoms with Crippen LogP contribution >= 0.6 is 23.2 Å². The van der Waals surface area contributed by atoms with Crippen LogP contribution in [0.3, 0.4) is 0 Å². The maximum absolute atomic E-state index is 13.2. The number of ether oxygens (including phenoxy) is 1. The van der Waals surface area contributed by atoms with E-state index in [1.807, 2.05) is 50.2 Å². The summed E-state index contributed by atoms with van der Waals surface area (Å²) in [6.45, 7) is 4.06. The van der Waals surface area contributed by atoms with Crippen molar-refractivity contribution in [3.05, 3.63) is 92.6 Å². The molecule has 0 bridgehead atoms. The SMILES string of the molecule is Cc1cc(OCCCc2c(C(=O)NS(=O)(=O)CCNC(=O)[C@H]3Cc4ccccc4N3)[nH]c3cc(Cl)ccc23)cc(C)c1Cl. The Morgan fingerprint density at radius 1 is 1.05 bits per heavy atom. The average molecular weight is 644 g/mol. The van der Waals surface area contributed by atoms with Gasteiger partial charge in [0.2, 0.25) is 15.9 Å². The molecular weight excluding hydrogens is 611 g/mol. The molecule has 1 aliphatic rings. The van der Waals surface area contributed by atoms with Crippen molar-refractivity contribution in [3.63, 3.8) is 0 Å². The summed E-state index contributed by atoms with van der Waals surface area (Å²) in [7, 11) is -4.05. The van der Waals surface area contributed by atoms with Crippen molar-refractivity contribution in [2.45, 2.75) is 39.2 Å². The van der Waals surface area contributed by atoms with E-state index in [2.05, 4.69) is 20.3 Å². The lowest BCUT2D eigenvalue weighted by atomic mass is 10.1. The maximum Gasteiger partial charge on any atom is 0.281 e. The summed E-state index contributed by atoms with van der Waals surface area (Å²) in [5.41, 5.74) is 5.17. The summed E-state index contributed by atoms with van der Waals surface area (Å²) >= 11 is 12.4. The first kappa shape index (κ1) is 30.7. The molecule has 43 heavy (non-hydrogen) atoms. The van der Waals surface area contributed by atoms with Crippen molar-refractivity contribution >= 4 is 61.6 Å². The van der Waals surface area contributed by atoms with Crippen LogP contribution in [0.2, 0.25) is 10.0 Å². The molecule has 0 aliphatic carbocycles. The number of carbonyl (C=O) groups excluding carboxylic acids is 2. The van der Waals surface area contributed by atoms with Gasteiger partial charge in [-0.3, -0.25) is 9.59 Å². The zero-order valence-electron chi connectivity index (χ0n) is 23.7. The number of halogens is 2. The highest BCUT2D eigenvalue weighted by Crippen LogP contribution is 2.29. The largest absolute Gasteiger partial charge is 0.494 e. The number of aryl methyl sites for hydroxylation is 3. The van der Waals surface area contributed by atoms with E-state index < -0.39 is 27.7 Å². The molecule has 0 saturated heterocycles. The van der Waals surface area contributed by atoms with Crippen LogP contribution in [0.4, 0.5) is 5.69 Å². The molecule has 9 nitrogen and oxygen atoms in total. The summed E-state index contributed by atoms with van der Waals surface area (Å²) in [6, 6.07) is 16.1. The van der Waals surface area contributed by atoms with Crippen LogP contribution in [0.15, 0.2) is 54.6 Å². The van der Waals surface area contributed by atoms with Gasteiger partial charge in [-0.25, -0.2) is 13.1 Å². The number of H-pyrrole nitrogens is 1. The molecule has 5 rings (SSSR count). The van der Waals surface area contributed by atoms with Gasteiger partial charge in [-0.1, -0.05) is 47.5 Å². The third kappa shape index (κ3) is 7.26. The van der Waals surface area contributed by atoms with Gasteiger partial charge in [0.25, 0.3) is 5.91 Å². The highest BCUT2D eigenvalue weighted by Gasteiger charge is 2.27. The number of para-hydroxylation sites is 1. The van der Waals surface area contributed by atoms with Crippen LogP contribution in [0.5, 0.6) is 5.75 Å². The zero-order chi connectivity index (χ0) is 30.7. The molecule has 0 fully saturated rings. The second-order valence-corrected chi connectivity index (χ2v) is 13.2. The fourth-order valence-corrected chi connectivity index (χ4v) is 6.38. The topological polar surface area (TPSA) is 129 Å². The van der Waals surface area contributed by atoms with Gasteiger partial charge in [-0.05, 0) is 79.3 Å². The lowest BCUT2D eigenvalue weighted by Crippen LogP contribution is -2.42. The zero-order valence-corrected chi connectivity index (χ0v) is 26.0. The summed E-state index contributed by atoms with van der Waals surface area (Å²) in [4.78, 5) is 28.9. The van der Waals surface area contributed by atoms with Crippen molar-refractivity contribution in [2.24, 2.45) is 0 Å². The van der Waals surface area contributed by atoms with Crippen molar-refractivity contribution in [3.8, 4) is 5.75 Å². The summed E-state index contributed by atoms with van der Waals surface area (Å²) < 4.78 is 33.7. The number of sulfonamides is 1. The van der Waals surface area contributed by atoms with Crippen LogP contribution in [-0.2, 0) is 27.7 Å². The van der Waals surface area contributed by atoms with E-state index in [0.717, 1.165) is 27.8 Å². The molecule has 4 aromatic rings. The van der Waals surface area contributed by atoms with Gasteiger partial charge in [0.15, 0.2) is 0 Å². The lowest BCUT2D eigenvalue weighted by Gasteiger charge is -2.13. The molecule has 3 aromatic carbocycles. The first-order chi connectivity index (χ1) is 20.5. The maximum atomic E-state index is 13.2. The fraction of sp³-hybridized carbons (Fsp3) is 0.290. The normalized spacial score (nSPS) is 14.3. The first-order valence-electron chi connectivity index (χ1n) is 13.9. The molecule has 1 atom stereocenters. The Balaban J connectivity index is 1.20. The van der Waals surface area contributed by atoms with E-state index in [4.69, 9.17) is 27.9 Å². The molecule has 4 N–H and O–H groups in total. The van der Waals surface area contributed by atoms with Crippen molar-refractivity contribution in [2.75, 3.05) is 24.2 Å². The number of hydrogen-bond acceptors (Lipinski definition) is 6. The summed E-state index contributed by atoms with van der Waals surface area (Å²) in [5.74, 6) is -0.848. The number of aromatic amines is 1. The Kier molecular flexibility index (Phi) is 9.19. The molecule has 1 aliphatic heterocycles. The Hall–Kier alpha value is -3.73. The number of nitrogens with one attached hydrogen (secondary N) is 4. The van der Waals surface area contributed by atoms with Crippen LogP contribution in [-0.4, -0.2) is 50.2 Å². The van der Waals surface area contributed by atoms with Crippen LogP contribution < -0.4 is 20.1 Å². The van der Waals surface area contributed by atoms with Gasteiger partial charge in [-0.15, -0.1) is 0 Å². The van der Waals surface area contributed by atoms with Gasteiger partial charge < -0.3 is 20.4 Å². The number of carbonyl (C=O) groups is 2. The molecule has 226 valence electrons. The van der Waals surface area contributed by atoms with E-state index >= 15 is 0 Å². The number of anilines is 1. The van der Waals surface area contributed by atoms with Gasteiger partial charge in [0, 0.05) is 39.6 Å². The molecule has 2 heterocycles.